The van der Waals surface area contributed by atoms with Crippen LogP contribution in [0.15, 0.2) is 18.2 Å². The SMILES string of the molecule is CC(C)CC(C)OCc1cc(F)cc(C#CCO)c1. The number of aliphatic hydroxyl groups is 1. The molecule has 0 aliphatic rings. The van der Waals surface area contributed by atoms with Gasteiger partial charge in [0.15, 0.2) is 0 Å². The van der Waals surface area contributed by atoms with Gasteiger partial charge in [-0.05, 0) is 43.0 Å². The van der Waals surface area contributed by atoms with E-state index < -0.39 is 0 Å². The number of benzene rings is 1. The Bertz CT molecular complexity index is 458. The molecule has 0 radical (unpaired) electrons. The molecule has 0 saturated heterocycles. The summed E-state index contributed by atoms with van der Waals surface area (Å²) in [4.78, 5) is 0. The van der Waals surface area contributed by atoms with Gasteiger partial charge in [-0.25, -0.2) is 4.39 Å². The lowest BCUT2D eigenvalue weighted by Gasteiger charge is -2.15. The van der Waals surface area contributed by atoms with E-state index in [9.17, 15) is 4.39 Å². The van der Waals surface area contributed by atoms with E-state index >= 15 is 0 Å². The Hall–Kier alpha value is -1.37. The van der Waals surface area contributed by atoms with E-state index in [1.165, 1.54) is 12.1 Å². The highest BCUT2D eigenvalue weighted by Gasteiger charge is 2.06. The predicted molar refractivity (Wildman–Crippen MR) is 74.1 cm³/mol. The number of halogens is 1. The maximum Gasteiger partial charge on any atom is 0.124 e. The third-order valence-corrected chi connectivity index (χ3v) is 2.61. The molecular formula is C16H21FO2. The summed E-state index contributed by atoms with van der Waals surface area (Å²) in [6, 6.07) is 4.59. The molecule has 0 aliphatic heterocycles. The van der Waals surface area contributed by atoms with Crippen LogP contribution in [-0.2, 0) is 11.3 Å². The first kappa shape index (κ1) is 15.7. The van der Waals surface area contributed by atoms with Crippen molar-refractivity contribution in [2.24, 2.45) is 5.92 Å². The fourth-order valence-electron chi connectivity index (χ4n) is 1.92. The fraction of sp³-hybridized carbons (Fsp3) is 0.500. The number of ether oxygens (including phenoxy) is 1. The van der Waals surface area contributed by atoms with Crippen LogP contribution < -0.4 is 0 Å². The van der Waals surface area contributed by atoms with Crippen molar-refractivity contribution in [3.8, 4) is 11.8 Å². The normalized spacial score (nSPS) is 12.1. The maximum absolute atomic E-state index is 13.4. The summed E-state index contributed by atoms with van der Waals surface area (Å²) < 4.78 is 19.1. The van der Waals surface area contributed by atoms with Crippen LogP contribution in [0.4, 0.5) is 4.39 Å². The summed E-state index contributed by atoms with van der Waals surface area (Å²) in [7, 11) is 0. The summed E-state index contributed by atoms with van der Waals surface area (Å²) >= 11 is 0. The van der Waals surface area contributed by atoms with Crippen LogP contribution in [0.2, 0.25) is 0 Å². The summed E-state index contributed by atoms with van der Waals surface area (Å²) in [6.45, 7) is 6.45. The van der Waals surface area contributed by atoms with Crippen LogP contribution in [0, 0.1) is 23.6 Å². The summed E-state index contributed by atoms with van der Waals surface area (Å²) in [5.41, 5.74) is 1.32. The van der Waals surface area contributed by atoms with Gasteiger partial charge in [0.2, 0.25) is 0 Å². The average molecular weight is 264 g/mol. The van der Waals surface area contributed by atoms with E-state index in [0.717, 1.165) is 12.0 Å². The molecule has 1 aromatic carbocycles. The zero-order chi connectivity index (χ0) is 14.3. The summed E-state index contributed by atoms with van der Waals surface area (Å²) in [5, 5.41) is 8.63. The average Bonchev–Trinajstić information content (AvgIpc) is 2.32. The van der Waals surface area contributed by atoms with Crippen molar-refractivity contribution in [2.45, 2.75) is 39.9 Å². The molecule has 3 heteroatoms. The van der Waals surface area contributed by atoms with E-state index in [2.05, 4.69) is 25.7 Å². The Kier molecular flexibility index (Phi) is 6.55. The lowest BCUT2D eigenvalue weighted by Crippen LogP contribution is -2.11. The second kappa shape index (κ2) is 7.93. The van der Waals surface area contributed by atoms with E-state index in [4.69, 9.17) is 9.84 Å². The van der Waals surface area contributed by atoms with Crippen LogP contribution in [0.1, 0.15) is 38.3 Å². The third kappa shape index (κ3) is 6.37. The first-order chi connectivity index (χ1) is 9.01. The smallest absolute Gasteiger partial charge is 0.124 e. The molecule has 0 amide bonds. The largest absolute Gasteiger partial charge is 0.384 e. The van der Waals surface area contributed by atoms with Gasteiger partial charge in [0.05, 0.1) is 12.7 Å². The van der Waals surface area contributed by atoms with Gasteiger partial charge in [-0.15, -0.1) is 0 Å². The molecule has 19 heavy (non-hydrogen) atoms. The molecular weight excluding hydrogens is 243 g/mol. The first-order valence-electron chi connectivity index (χ1n) is 6.52. The van der Waals surface area contributed by atoms with Crippen LogP contribution in [0.3, 0.4) is 0 Å². The zero-order valence-electron chi connectivity index (χ0n) is 11.7. The topological polar surface area (TPSA) is 29.5 Å². The first-order valence-corrected chi connectivity index (χ1v) is 6.52. The van der Waals surface area contributed by atoms with Gasteiger partial charge in [0.1, 0.15) is 12.4 Å². The maximum atomic E-state index is 13.4. The minimum absolute atomic E-state index is 0.148. The second-order valence-electron chi connectivity index (χ2n) is 5.06. The molecule has 2 nitrogen and oxygen atoms in total. The Labute approximate surface area is 114 Å². The van der Waals surface area contributed by atoms with Gasteiger partial charge in [-0.1, -0.05) is 25.7 Å². The van der Waals surface area contributed by atoms with Crippen molar-refractivity contribution in [1.82, 2.24) is 0 Å². The molecule has 0 spiro atoms. The highest BCUT2D eigenvalue weighted by Crippen LogP contribution is 2.13. The molecule has 0 heterocycles. The minimum Gasteiger partial charge on any atom is -0.384 e. The van der Waals surface area contributed by atoms with Crippen LogP contribution in [0.25, 0.3) is 0 Å². The molecule has 1 atom stereocenters. The monoisotopic (exact) mass is 264 g/mol. The van der Waals surface area contributed by atoms with Crippen molar-refractivity contribution in [3.63, 3.8) is 0 Å². The van der Waals surface area contributed by atoms with Crippen molar-refractivity contribution in [3.05, 3.63) is 35.1 Å². The van der Waals surface area contributed by atoms with Gasteiger partial charge in [0.25, 0.3) is 0 Å². The molecule has 1 rings (SSSR count). The highest BCUT2D eigenvalue weighted by molar-refractivity contribution is 5.37. The Morgan fingerprint density at radius 2 is 2.00 bits per heavy atom. The van der Waals surface area contributed by atoms with Crippen molar-refractivity contribution in [1.29, 1.82) is 0 Å². The molecule has 0 bridgehead atoms. The van der Waals surface area contributed by atoms with Crippen molar-refractivity contribution >= 4 is 0 Å². The number of aliphatic hydroxyl groups excluding tert-OH is 1. The summed E-state index contributed by atoms with van der Waals surface area (Å²) in [5.74, 6) is 5.45. The molecule has 0 saturated carbocycles. The third-order valence-electron chi connectivity index (χ3n) is 2.61. The molecule has 1 N–H and O–H groups in total. The van der Waals surface area contributed by atoms with Crippen molar-refractivity contribution < 1.29 is 14.2 Å². The second-order valence-corrected chi connectivity index (χ2v) is 5.06. The molecule has 0 fully saturated rings. The summed E-state index contributed by atoms with van der Waals surface area (Å²) in [6.07, 6.45) is 1.13. The predicted octanol–water partition coefficient (Wildman–Crippen LogP) is 3.12. The fourth-order valence-corrected chi connectivity index (χ4v) is 1.92. The van der Waals surface area contributed by atoms with E-state index in [1.54, 1.807) is 6.07 Å². The van der Waals surface area contributed by atoms with Crippen LogP contribution in [-0.4, -0.2) is 17.8 Å². The van der Waals surface area contributed by atoms with Gasteiger partial charge >= 0.3 is 0 Å². The van der Waals surface area contributed by atoms with E-state index in [-0.39, 0.29) is 18.5 Å². The highest BCUT2D eigenvalue weighted by atomic mass is 19.1. The molecule has 0 aliphatic carbocycles. The Morgan fingerprint density at radius 3 is 2.63 bits per heavy atom. The minimum atomic E-state index is -0.333. The van der Waals surface area contributed by atoms with Gasteiger partial charge in [0, 0.05) is 5.56 Å². The lowest BCUT2D eigenvalue weighted by molar-refractivity contribution is 0.0396. The zero-order valence-corrected chi connectivity index (χ0v) is 11.7. The quantitative estimate of drug-likeness (QED) is 0.828. The van der Waals surface area contributed by atoms with E-state index in [1.807, 2.05) is 6.92 Å². The van der Waals surface area contributed by atoms with Gasteiger partial charge < -0.3 is 9.84 Å². The van der Waals surface area contributed by atoms with Gasteiger partial charge in [-0.2, -0.15) is 0 Å². The molecule has 1 aromatic rings. The van der Waals surface area contributed by atoms with Crippen LogP contribution in [0.5, 0.6) is 0 Å². The lowest BCUT2D eigenvalue weighted by atomic mass is 10.1. The number of hydrogen-bond donors (Lipinski definition) is 1. The van der Waals surface area contributed by atoms with E-state index in [0.29, 0.717) is 18.1 Å². The Balaban J connectivity index is 2.65. The number of rotatable bonds is 5. The van der Waals surface area contributed by atoms with Crippen LogP contribution >= 0.6 is 0 Å². The van der Waals surface area contributed by atoms with Crippen molar-refractivity contribution in [2.75, 3.05) is 6.61 Å². The molecule has 1 unspecified atom stereocenters. The molecule has 0 aromatic heterocycles. The standard InChI is InChI=1S/C16H21FO2/c1-12(2)7-13(3)19-11-15-8-14(5-4-6-18)9-16(17)10-15/h8-10,12-13,18H,6-7,11H2,1-3H3. The van der Waals surface area contributed by atoms with Gasteiger partial charge in [-0.3, -0.25) is 0 Å². The molecule has 104 valence electrons. The number of hydrogen-bond acceptors (Lipinski definition) is 2. The Morgan fingerprint density at radius 1 is 1.26 bits per heavy atom.